The fourth-order valence-corrected chi connectivity index (χ4v) is 3.53. The van der Waals surface area contributed by atoms with Crippen LogP contribution in [0.1, 0.15) is 32.1 Å². The normalized spacial score (nSPS) is 23.2. The summed E-state index contributed by atoms with van der Waals surface area (Å²) in [5.41, 5.74) is 5.31. The first-order valence-corrected chi connectivity index (χ1v) is 7.60. The van der Waals surface area contributed by atoms with Gasteiger partial charge in [0.1, 0.15) is 0 Å². The molecule has 0 radical (unpaired) electrons. The van der Waals surface area contributed by atoms with Gasteiger partial charge in [0, 0.05) is 19.6 Å². The van der Waals surface area contributed by atoms with Crippen LogP contribution in [0, 0.1) is 11.3 Å². The number of carbonyl (C=O) groups excluding carboxylic acids is 1. The maximum Gasteiger partial charge on any atom is 0.235 e. The molecule has 1 saturated carbocycles. The van der Waals surface area contributed by atoms with E-state index < -0.39 is 5.41 Å². The average molecular weight is 283 g/mol. The number of nitrogens with two attached hydrogens (primary N) is 1. The van der Waals surface area contributed by atoms with E-state index in [-0.39, 0.29) is 5.91 Å². The summed E-state index contributed by atoms with van der Waals surface area (Å²) in [6.07, 6.45) is 4.95. The van der Waals surface area contributed by atoms with Crippen LogP contribution < -0.4 is 5.73 Å². The van der Waals surface area contributed by atoms with Crippen LogP contribution in [0.2, 0.25) is 0 Å². The lowest BCUT2D eigenvalue weighted by atomic mass is 9.67. The fraction of sp³-hybridized carbons (Fsp3) is 0.857. The molecule has 2 fully saturated rings. The average Bonchev–Trinajstić information content (AvgIpc) is 2.26. The number of rotatable bonds is 4. The number of amides is 1. The number of thiocarbonyl (C=S) groups is 1. The number of carbonyl (C=O) groups is 1. The molecule has 0 aromatic rings. The van der Waals surface area contributed by atoms with Crippen molar-refractivity contribution >= 4 is 23.1 Å². The van der Waals surface area contributed by atoms with Gasteiger partial charge in [-0.2, -0.15) is 0 Å². The molecule has 1 aliphatic carbocycles. The number of hydrogen-bond donors (Lipinski definition) is 1. The zero-order valence-electron chi connectivity index (χ0n) is 12.0. The molecular weight excluding hydrogens is 258 g/mol. The molecule has 1 amide bonds. The highest BCUT2D eigenvalue weighted by Crippen LogP contribution is 2.43. The zero-order valence-corrected chi connectivity index (χ0v) is 12.8. The number of likely N-dealkylation sites (tertiary alicyclic amines) is 1. The quantitative estimate of drug-likeness (QED) is 0.789. The predicted octanol–water partition coefficient (Wildman–Crippen LogP) is 1.24. The first kappa shape index (κ1) is 14.7. The van der Waals surface area contributed by atoms with Crippen molar-refractivity contribution in [1.29, 1.82) is 0 Å². The Labute approximate surface area is 121 Å². The molecule has 2 N–H and O–H groups in total. The van der Waals surface area contributed by atoms with Crippen molar-refractivity contribution in [2.75, 3.05) is 33.7 Å². The number of hydrogen-bond acceptors (Lipinski definition) is 3. The Hall–Kier alpha value is -0.680. The second kappa shape index (κ2) is 5.75. The van der Waals surface area contributed by atoms with E-state index in [0.717, 1.165) is 51.7 Å². The smallest absolute Gasteiger partial charge is 0.235 e. The van der Waals surface area contributed by atoms with E-state index >= 15 is 0 Å². The Morgan fingerprint density at radius 2 is 1.95 bits per heavy atom. The maximum atomic E-state index is 12.6. The van der Waals surface area contributed by atoms with Crippen LogP contribution >= 0.6 is 12.2 Å². The van der Waals surface area contributed by atoms with Gasteiger partial charge in [0.25, 0.3) is 0 Å². The summed E-state index contributed by atoms with van der Waals surface area (Å²) in [5.74, 6) is 0.899. The maximum absolute atomic E-state index is 12.6. The Kier molecular flexibility index (Phi) is 4.46. The van der Waals surface area contributed by atoms with Gasteiger partial charge in [-0.05, 0) is 45.7 Å². The fourth-order valence-electron chi connectivity index (χ4n) is 3.23. The standard InChI is InChI=1S/C14H25N3OS/c1-16(2)10-11-4-8-17(9-5-11)13(18)14(12(15)19)6-3-7-14/h11H,3-10H2,1-2H3,(H2,15,19). The number of nitrogens with zero attached hydrogens (tertiary/aromatic N) is 2. The molecular formula is C14H25N3OS. The molecule has 5 heteroatoms. The van der Waals surface area contributed by atoms with Crippen molar-refractivity contribution < 1.29 is 4.79 Å². The SMILES string of the molecule is CN(C)CC1CCN(C(=O)C2(C(N)=S)CCC2)CC1. The van der Waals surface area contributed by atoms with E-state index in [2.05, 4.69) is 19.0 Å². The Bertz CT molecular complexity index is 358. The lowest BCUT2D eigenvalue weighted by Gasteiger charge is -2.44. The molecule has 0 aromatic carbocycles. The highest BCUT2D eigenvalue weighted by molar-refractivity contribution is 7.80. The summed E-state index contributed by atoms with van der Waals surface area (Å²) in [6, 6.07) is 0. The Balaban J connectivity index is 1.91. The third-order valence-corrected chi connectivity index (χ3v) is 5.00. The largest absolute Gasteiger partial charge is 0.392 e. The van der Waals surface area contributed by atoms with Crippen LogP contribution in [0.4, 0.5) is 0 Å². The van der Waals surface area contributed by atoms with E-state index in [4.69, 9.17) is 18.0 Å². The lowest BCUT2D eigenvalue weighted by molar-refractivity contribution is -0.143. The van der Waals surface area contributed by atoms with E-state index in [9.17, 15) is 4.79 Å². The summed E-state index contributed by atoms with van der Waals surface area (Å²) >= 11 is 5.13. The van der Waals surface area contributed by atoms with Crippen LogP contribution in [0.5, 0.6) is 0 Å². The highest BCUT2D eigenvalue weighted by atomic mass is 32.1. The van der Waals surface area contributed by atoms with Gasteiger partial charge >= 0.3 is 0 Å². The molecule has 1 aliphatic heterocycles. The molecule has 108 valence electrons. The number of piperidine rings is 1. The molecule has 0 unspecified atom stereocenters. The van der Waals surface area contributed by atoms with Crippen LogP contribution in [-0.4, -0.2) is 54.4 Å². The Morgan fingerprint density at radius 3 is 2.32 bits per heavy atom. The molecule has 0 bridgehead atoms. The molecule has 0 atom stereocenters. The van der Waals surface area contributed by atoms with Crippen LogP contribution in [-0.2, 0) is 4.79 Å². The first-order chi connectivity index (χ1) is 8.95. The summed E-state index contributed by atoms with van der Waals surface area (Å²) in [4.78, 5) is 17.2. The van der Waals surface area contributed by atoms with Crippen LogP contribution in [0.15, 0.2) is 0 Å². The second-order valence-corrected chi connectivity index (χ2v) is 6.74. The second-order valence-electron chi connectivity index (χ2n) is 6.30. The van der Waals surface area contributed by atoms with E-state index in [0.29, 0.717) is 10.9 Å². The van der Waals surface area contributed by atoms with Gasteiger partial charge in [0.15, 0.2) is 0 Å². The third kappa shape index (κ3) is 2.92. The van der Waals surface area contributed by atoms with Crippen molar-refractivity contribution in [2.24, 2.45) is 17.1 Å². The minimum atomic E-state index is -0.496. The van der Waals surface area contributed by atoms with Gasteiger partial charge in [-0.1, -0.05) is 18.6 Å². The van der Waals surface area contributed by atoms with Crippen molar-refractivity contribution in [3.05, 3.63) is 0 Å². The molecule has 4 nitrogen and oxygen atoms in total. The molecule has 0 spiro atoms. The predicted molar refractivity (Wildman–Crippen MR) is 80.9 cm³/mol. The van der Waals surface area contributed by atoms with Crippen molar-refractivity contribution in [2.45, 2.75) is 32.1 Å². The van der Waals surface area contributed by atoms with E-state index in [1.807, 2.05) is 4.90 Å². The monoisotopic (exact) mass is 283 g/mol. The van der Waals surface area contributed by atoms with Crippen LogP contribution in [0.3, 0.4) is 0 Å². The molecule has 1 heterocycles. The Morgan fingerprint density at radius 1 is 1.37 bits per heavy atom. The minimum absolute atomic E-state index is 0.189. The van der Waals surface area contributed by atoms with Gasteiger partial charge < -0.3 is 15.5 Å². The van der Waals surface area contributed by atoms with Gasteiger partial charge in [-0.15, -0.1) is 0 Å². The molecule has 2 aliphatic rings. The third-order valence-electron chi connectivity index (χ3n) is 4.61. The molecule has 19 heavy (non-hydrogen) atoms. The summed E-state index contributed by atoms with van der Waals surface area (Å²) in [7, 11) is 4.21. The molecule has 2 rings (SSSR count). The molecule has 0 aromatic heterocycles. The summed E-state index contributed by atoms with van der Waals surface area (Å²) in [6.45, 7) is 2.84. The van der Waals surface area contributed by atoms with Crippen LogP contribution in [0.25, 0.3) is 0 Å². The van der Waals surface area contributed by atoms with Gasteiger partial charge in [0.2, 0.25) is 5.91 Å². The van der Waals surface area contributed by atoms with Gasteiger partial charge in [0.05, 0.1) is 10.4 Å². The van der Waals surface area contributed by atoms with Crippen molar-refractivity contribution in [3.63, 3.8) is 0 Å². The van der Waals surface area contributed by atoms with Crippen molar-refractivity contribution in [3.8, 4) is 0 Å². The summed E-state index contributed by atoms with van der Waals surface area (Å²) < 4.78 is 0. The van der Waals surface area contributed by atoms with E-state index in [1.54, 1.807) is 0 Å². The zero-order chi connectivity index (χ0) is 14.0. The first-order valence-electron chi connectivity index (χ1n) is 7.20. The summed E-state index contributed by atoms with van der Waals surface area (Å²) in [5, 5.41) is 0. The van der Waals surface area contributed by atoms with Gasteiger partial charge in [-0.3, -0.25) is 4.79 Å². The highest BCUT2D eigenvalue weighted by Gasteiger charge is 2.49. The van der Waals surface area contributed by atoms with Crippen molar-refractivity contribution in [1.82, 2.24) is 9.80 Å². The topological polar surface area (TPSA) is 49.6 Å². The lowest BCUT2D eigenvalue weighted by Crippen LogP contribution is -2.56. The van der Waals surface area contributed by atoms with E-state index in [1.165, 1.54) is 0 Å². The minimum Gasteiger partial charge on any atom is -0.392 e. The van der Waals surface area contributed by atoms with Gasteiger partial charge in [-0.25, -0.2) is 0 Å². The molecule has 1 saturated heterocycles.